The summed E-state index contributed by atoms with van der Waals surface area (Å²) in [6.07, 6.45) is 3.00. The molecule has 2 heterocycles. The number of carbonyl (C=O) groups is 2. The number of aliphatic carboxylic acids is 1. The van der Waals surface area contributed by atoms with Crippen LogP contribution in [-0.2, 0) is 9.59 Å². The zero-order valence-corrected chi connectivity index (χ0v) is 10.4. The number of hydrogen-bond acceptors (Lipinski definition) is 6. The average Bonchev–Trinajstić information content (AvgIpc) is 2.97. The van der Waals surface area contributed by atoms with Crippen LogP contribution >= 0.6 is 11.8 Å². The molecule has 0 bridgehead atoms. The van der Waals surface area contributed by atoms with Gasteiger partial charge in [0.2, 0.25) is 0 Å². The van der Waals surface area contributed by atoms with Crippen molar-refractivity contribution in [3.63, 3.8) is 0 Å². The summed E-state index contributed by atoms with van der Waals surface area (Å²) in [4.78, 5) is 26.4. The number of amides is 1. The number of carbonyl (C=O) groups excluding carboxylic acids is 1. The van der Waals surface area contributed by atoms with E-state index in [4.69, 9.17) is 14.6 Å². The minimum Gasteiger partial charge on any atom is -0.480 e. The lowest BCUT2D eigenvalue weighted by Crippen LogP contribution is -2.27. The van der Waals surface area contributed by atoms with Crippen LogP contribution in [0.1, 0.15) is 5.76 Å². The molecule has 1 saturated heterocycles. The fourth-order valence-corrected chi connectivity index (χ4v) is 2.16. The predicted molar refractivity (Wildman–Crippen MR) is 68.4 cm³/mol. The monoisotopic (exact) mass is 282 g/mol. The molecule has 0 spiro atoms. The van der Waals surface area contributed by atoms with Crippen molar-refractivity contribution >= 4 is 34.9 Å². The molecule has 1 aromatic rings. The van der Waals surface area contributed by atoms with E-state index in [1.165, 1.54) is 12.3 Å². The van der Waals surface area contributed by atoms with E-state index in [9.17, 15) is 9.59 Å². The van der Waals surface area contributed by atoms with Crippen LogP contribution in [0.4, 0.5) is 0 Å². The molecule has 1 fully saturated rings. The van der Waals surface area contributed by atoms with Gasteiger partial charge in [0.05, 0.1) is 17.8 Å². The number of furan rings is 1. The van der Waals surface area contributed by atoms with E-state index in [0.29, 0.717) is 10.7 Å². The third kappa shape index (κ3) is 3.24. The second-order valence-corrected chi connectivity index (χ2v) is 4.58. The molecule has 0 aromatic carbocycles. The van der Waals surface area contributed by atoms with Crippen LogP contribution < -0.4 is 5.32 Å². The highest BCUT2D eigenvalue weighted by molar-refractivity contribution is 8.18. The molecule has 0 radical (unpaired) electrons. The van der Waals surface area contributed by atoms with Gasteiger partial charge in [0.1, 0.15) is 5.76 Å². The zero-order chi connectivity index (χ0) is 13.8. The van der Waals surface area contributed by atoms with Crippen LogP contribution in [0, 0.1) is 0 Å². The number of amidine groups is 1. The molecule has 2 rings (SSSR count). The molecule has 1 aliphatic heterocycles. The van der Waals surface area contributed by atoms with Gasteiger partial charge >= 0.3 is 5.97 Å². The van der Waals surface area contributed by atoms with Gasteiger partial charge in [0.15, 0.2) is 11.2 Å². The number of nitrogens with one attached hydrogen (secondary N) is 1. The van der Waals surface area contributed by atoms with E-state index in [1.807, 2.05) is 0 Å². The van der Waals surface area contributed by atoms with E-state index in [0.717, 1.165) is 11.8 Å². The molecule has 1 amide bonds. The molecular weight excluding hydrogens is 272 g/mol. The van der Waals surface area contributed by atoms with Crippen molar-refractivity contribution < 1.29 is 24.2 Å². The first-order chi connectivity index (χ1) is 9.10. The van der Waals surface area contributed by atoms with Gasteiger partial charge in [0, 0.05) is 6.08 Å². The highest BCUT2D eigenvalue weighted by Gasteiger charge is 2.26. The number of carboxylic acid groups (broad SMARTS) is 1. The van der Waals surface area contributed by atoms with Gasteiger partial charge in [-0.2, -0.15) is 0 Å². The Hall–Kier alpha value is -2.06. The summed E-state index contributed by atoms with van der Waals surface area (Å²) in [5.41, 5.74) is 0. The summed E-state index contributed by atoms with van der Waals surface area (Å²) in [5.74, 6) is -1.13. The zero-order valence-electron chi connectivity index (χ0n) is 9.57. The number of carboxylic acids is 1. The lowest BCUT2D eigenvalue weighted by molar-refractivity contribution is -0.139. The van der Waals surface area contributed by atoms with Gasteiger partial charge in [-0.05, 0) is 23.9 Å². The summed E-state index contributed by atoms with van der Waals surface area (Å²) in [5, 5.41) is 20.2. The van der Waals surface area contributed by atoms with Gasteiger partial charge in [0.25, 0.3) is 5.91 Å². The highest BCUT2D eigenvalue weighted by Crippen LogP contribution is 2.26. The van der Waals surface area contributed by atoms with E-state index in [-0.39, 0.29) is 11.1 Å². The topological polar surface area (TPSA) is 112 Å². The second kappa shape index (κ2) is 5.72. The van der Waals surface area contributed by atoms with Crippen LogP contribution in [0.25, 0.3) is 6.08 Å². The molecule has 1 unspecified atom stereocenters. The van der Waals surface area contributed by atoms with Crippen molar-refractivity contribution in [2.24, 2.45) is 4.99 Å². The minimum absolute atomic E-state index is 0.143. The number of thioether (sulfide) groups is 1. The Morgan fingerprint density at radius 2 is 2.42 bits per heavy atom. The molecule has 0 saturated carbocycles. The Balaban J connectivity index is 2.15. The molecule has 8 heteroatoms. The van der Waals surface area contributed by atoms with Crippen LogP contribution in [0.15, 0.2) is 32.7 Å². The van der Waals surface area contributed by atoms with Crippen molar-refractivity contribution in [1.29, 1.82) is 0 Å². The molecular formula is C11H10N2O5S. The van der Waals surface area contributed by atoms with Gasteiger partial charge in [-0.15, -0.1) is 0 Å². The molecule has 100 valence electrons. The normalized spacial score (nSPS) is 20.8. The van der Waals surface area contributed by atoms with E-state index in [1.54, 1.807) is 12.1 Å². The molecule has 7 nitrogen and oxygen atoms in total. The average molecular weight is 282 g/mol. The van der Waals surface area contributed by atoms with Crippen LogP contribution in [-0.4, -0.2) is 39.9 Å². The lowest BCUT2D eigenvalue weighted by Gasteiger charge is -2.03. The fraction of sp³-hybridized carbons (Fsp3) is 0.182. The van der Waals surface area contributed by atoms with Gasteiger partial charge in [-0.25, -0.2) is 9.79 Å². The number of aliphatic hydroxyl groups is 1. The smallest absolute Gasteiger partial charge is 0.330 e. The van der Waals surface area contributed by atoms with E-state index in [2.05, 4.69) is 10.3 Å². The third-order valence-corrected chi connectivity index (χ3v) is 3.12. The van der Waals surface area contributed by atoms with Crippen LogP contribution in [0.2, 0.25) is 0 Å². The Kier molecular flexibility index (Phi) is 4.03. The number of hydrogen-bond donors (Lipinski definition) is 3. The van der Waals surface area contributed by atoms with Gasteiger partial charge in [-0.1, -0.05) is 0 Å². The highest BCUT2D eigenvalue weighted by atomic mass is 32.2. The third-order valence-electron chi connectivity index (χ3n) is 2.20. The number of aliphatic imine (C=N–C) groups is 1. The van der Waals surface area contributed by atoms with E-state index < -0.39 is 18.6 Å². The van der Waals surface area contributed by atoms with Gasteiger partial charge in [-0.3, -0.25) is 4.79 Å². The quantitative estimate of drug-likeness (QED) is 0.684. The maximum absolute atomic E-state index is 11.6. The Bertz CT molecular complexity index is 549. The number of nitrogens with zero attached hydrogens (tertiary/aromatic N) is 1. The predicted octanol–water partition coefficient (Wildman–Crippen LogP) is 0.285. The lowest BCUT2D eigenvalue weighted by atomic mass is 10.3. The van der Waals surface area contributed by atoms with Crippen molar-refractivity contribution in [3.05, 3.63) is 29.1 Å². The van der Waals surface area contributed by atoms with Crippen molar-refractivity contribution in [1.82, 2.24) is 5.32 Å². The first-order valence-corrected chi connectivity index (χ1v) is 6.07. The van der Waals surface area contributed by atoms with Crippen molar-refractivity contribution in [2.75, 3.05) is 6.61 Å². The molecule has 3 N–H and O–H groups in total. The van der Waals surface area contributed by atoms with Crippen LogP contribution in [0.5, 0.6) is 0 Å². The number of rotatable bonds is 4. The molecule has 1 aliphatic rings. The molecule has 1 aromatic heterocycles. The first kappa shape index (κ1) is 13.4. The largest absolute Gasteiger partial charge is 0.480 e. The Morgan fingerprint density at radius 1 is 1.63 bits per heavy atom. The second-order valence-electron chi connectivity index (χ2n) is 3.55. The molecule has 1 atom stereocenters. The maximum Gasteiger partial charge on any atom is 0.330 e. The molecule has 19 heavy (non-hydrogen) atoms. The standard InChI is InChI=1S/C11H10N2O5S/c14-5-7(10(16)17)12-11-13-9(15)8(19-11)4-6-2-1-3-18-6/h1-4,7,14H,5H2,(H,16,17)(H,12,13,15)/b8-4-. The minimum atomic E-state index is -1.29. The first-order valence-electron chi connectivity index (χ1n) is 5.26. The van der Waals surface area contributed by atoms with Gasteiger partial charge < -0.3 is 19.9 Å². The Morgan fingerprint density at radius 3 is 3.00 bits per heavy atom. The SMILES string of the molecule is O=C1NC(=NC(CO)C(=O)O)S/C1=C\c1ccco1. The maximum atomic E-state index is 11.6. The van der Waals surface area contributed by atoms with E-state index >= 15 is 0 Å². The summed E-state index contributed by atoms with van der Waals surface area (Å²) in [7, 11) is 0. The summed E-state index contributed by atoms with van der Waals surface area (Å²) in [6, 6.07) is 2.08. The van der Waals surface area contributed by atoms with Crippen molar-refractivity contribution in [2.45, 2.75) is 6.04 Å². The van der Waals surface area contributed by atoms with Crippen LogP contribution in [0.3, 0.4) is 0 Å². The molecule has 0 aliphatic carbocycles. The number of aliphatic hydroxyl groups excluding tert-OH is 1. The summed E-state index contributed by atoms with van der Waals surface area (Å²) in [6.45, 7) is -0.632. The fourth-order valence-electron chi connectivity index (χ4n) is 1.31. The summed E-state index contributed by atoms with van der Waals surface area (Å²) < 4.78 is 5.08. The summed E-state index contributed by atoms with van der Waals surface area (Å²) >= 11 is 0.994. The van der Waals surface area contributed by atoms with Crippen molar-refractivity contribution in [3.8, 4) is 0 Å². The Labute approximate surface area is 112 Å².